The van der Waals surface area contributed by atoms with Crippen LogP contribution in [0.2, 0.25) is 5.02 Å². The minimum absolute atomic E-state index is 0.0479. The number of piperazine rings is 1. The van der Waals surface area contributed by atoms with Gasteiger partial charge in [-0.15, -0.1) is 0 Å². The van der Waals surface area contributed by atoms with E-state index in [-0.39, 0.29) is 23.3 Å². The van der Waals surface area contributed by atoms with E-state index in [1.807, 2.05) is 4.90 Å². The van der Waals surface area contributed by atoms with Gasteiger partial charge < -0.3 is 19.1 Å². The van der Waals surface area contributed by atoms with Crippen molar-refractivity contribution in [3.8, 4) is 0 Å². The number of nitrogens with zero attached hydrogens (tertiary/aromatic N) is 4. The average Bonchev–Trinajstić information content (AvgIpc) is 3.45. The summed E-state index contributed by atoms with van der Waals surface area (Å²) in [6.45, 7) is 2.31. The summed E-state index contributed by atoms with van der Waals surface area (Å²) in [5, 5.41) is 11.7. The fourth-order valence-electron chi connectivity index (χ4n) is 4.10. The van der Waals surface area contributed by atoms with Crippen molar-refractivity contribution in [2.45, 2.75) is 18.9 Å². The standard InChI is InChI=1S/C20H21ClN4O5/c21-14-5-6-15(17(13-14)25(28)29)22-8-10-23(11-9-22)19(26)16-3-1-7-24(16)20(27)18-4-2-12-30-18/h2,4-6,12-13,16H,1,3,7-11H2. The van der Waals surface area contributed by atoms with Crippen LogP contribution in [0.5, 0.6) is 0 Å². The van der Waals surface area contributed by atoms with Gasteiger partial charge in [-0.25, -0.2) is 0 Å². The fourth-order valence-corrected chi connectivity index (χ4v) is 4.26. The molecular formula is C20H21ClN4O5. The summed E-state index contributed by atoms with van der Waals surface area (Å²) in [5.74, 6) is -0.126. The van der Waals surface area contributed by atoms with E-state index >= 15 is 0 Å². The number of furan rings is 1. The van der Waals surface area contributed by atoms with Crippen molar-refractivity contribution in [2.75, 3.05) is 37.6 Å². The Morgan fingerprint density at radius 2 is 1.90 bits per heavy atom. The van der Waals surface area contributed by atoms with Crippen molar-refractivity contribution in [3.63, 3.8) is 0 Å². The van der Waals surface area contributed by atoms with Crippen LogP contribution in [-0.4, -0.2) is 65.3 Å². The molecule has 1 aromatic heterocycles. The Balaban J connectivity index is 1.42. The minimum Gasteiger partial charge on any atom is -0.459 e. The topological polar surface area (TPSA) is 100 Å². The fraction of sp³-hybridized carbons (Fsp3) is 0.400. The van der Waals surface area contributed by atoms with E-state index in [1.165, 1.54) is 12.3 Å². The Bertz CT molecular complexity index is 956. The maximum absolute atomic E-state index is 13.1. The van der Waals surface area contributed by atoms with E-state index in [2.05, 4.69) is 0 Å². The van der Waals surface area contributed by atoms with Crippen LogP contribution in [0.25, 0.3) is 0 Å². The highest BCUT2D eigenvalue weighted by Crippen LogP contribution is 2.32. The summed E-state index contributed by atoms with van der Waals surface area (Å²) in [5.41, 5.74) is 0.445. The first-order valence-electron chi connectivity index (χ1n) is 9.78. The number of nitro benzene ring substituents is 1. The van der Waals surface area contributed by atoms with Gasteiger partial charge >= 0.3 is 0 Å². The molecule has 2 saturated heterocycles. The summed E-state index contributed by atoms with van der Waals surface area (Å²) in [7, 11) is 0. The Morgan fingerprint density at radius 3 is 2.57 bits per heavy atom. The molecule has 0 N–H and O–H groups in total. The van der Waals surface area contributed by atoms with E-state index in [0.717, 1.165) is 6.42 Å². The first-order valence-corrected chi connectivity index (χ1v) is 10.2. The number of amides is 2. The van der Waals surface area contributed by atoms with Crippen molar-refractivity contribution in [2.24, 2.45) is 0 Å². The molecule has 2 aliphatic rings. The maximum Gasteiger partial charge on any atom is 0.294 e. The molecule has 1 unspecified atom stereocenters. The average molecular weight is 433 g/mol. The lowest BCUT2D eigenvalue weighted by molar-refractivity contribution is -0.384. The number of anilines is 1. The Hall–Kier alpha value is -3.07. The third-order valence-corrected chi connectivity index (χ3v) is 5.83. The molecule has 10 heteroatoms. The molecule has 0 aliphatic carbocycles. The SMILES string of the molecule is O=C(C1CCCN1C(=O)c1ccco1)N1CCN(c2ccc(Cl)cc2[N+](=O)[O-])CC1. The van der Waals surface area contributed by atoms with E-state index in [9.17, 15) is 19.7 Å². The second kappa shape index (κ2) is 8.35. The van der Waals surface area contributed by atoms with E-state index < -0.39 is 11.0 Å². The van der Waals surface area contributed by atoms with Crippen molar-refractivity contribution in [3.05, 3.63) is 57.5 Å². The minimum atomic E-state index is -0.501. The van der Waals surface area contributed by atoms with Gasteiger partial charge in [0.1, 0.15) is 11.7 Å². The Labute approximate surface area is 177 Å². The normalized spacial score (nSPS) is 19.2. The molecule has 0 saturated carbocycles. The van der Waals surface area contributed by atoms with Crippen LogP contribution in [0.3, 0.4) is 0 Å². The number of benzene rings is 1. The molecule has 30 heavy (non-hydrogen) atoms. The van der Waals surface area contributed by atoms with E-state index in [0.29, 0.717) is 49.9 Å². The first kappa shape index (κ1) is 20.2. The van der Waals surface area contributed by atoms with Crippen molar-refractivity contribution < 1.29 is 18.9 Å². The molecule has 2 fully saturated rings. The molecule has 9 nitrogen and oxygen atoms in total. The maximum atomic E-state index is 13.1. The molecule has 1 atom stereocenters. The molecule has 2 aromatic rings. The number of carbonyl (C=O) groups excluding carboxylic acids is 2. The third kappa shape index (κ3) is 3.85. The zero-order valence-corrected chi connectivity index (χ0v) is 17.0. The summed E-state index contributed by atoms with van der Waals surface area (Å²) >= 11 is 5.90. The van der Waals surface area contributed by atoms with Gasteiger partial charge in [-0.1, -0.05) is 11.6 Å². The lowest BCUT2D eigenvalue weighted by Crippen LogP contribution is -2.54. The van der Waals surface area contributed by atoms with Crippen LogP contribution < -0.4 is 4.90 Å². The van der Waals surface area contributed by atoms with Crippen molar-refractivity contribution in [1.29, 1.82) is 0 Å². The van der Waals surface area contributed by atoms with Gasteiger partial charge in [0.25, 0.3) is 11.6 Å². The van der Waals surface area contributed by atoms with Gasteiger partial charge in [0, 0.05) is 43.8 Å². The molecular weight excluding hydrogens is 412 g/mol. The number of nitro groups is 1. The highest BCUT2D eigenvalue weighted by Gasteiger charge is 2.38. The van der Waals surface area contributed by atoms with E-state index in [1.54, 1.807) is 34.1 Å². The third-order valence-electron chi connectivity index (χ3n) is 5.60. The van der Waals surface area contributed by atoms with Crippen LogP contribution in [0.15, 0.2) is 41.0 Å². The Morgan fingerprint density at radius 1 is 1.13 bits per heavy atom. The molecule has 0 bridgehead atoms. The van der Waals surface area contributed by atoms with E-state index in [4.69, 9.17) is 16.0 Å². The molecule has 0 spiro atoms. The summed E-state index contributed by atoms with van der Waals surface area (Å²) in [6.07, 6.45) is 2.82. The van der Waals surface area contributed by atoms with Crippen LogP contribution in [0.1, 0.15) is 23.4 Å². The molecule has 2 aliphatic heterocycles. The number of carbonyl (C=O) groups is 2. The van der Waals surface area contributed by atoms with Crippen LogP contribution in [0.4, 0.5) is 11.4 Å². The first-order chi connectivity index (χ1) is 14.5. The highest BCUT2D eigenvalue weighted by molar-refractivity contribution is 6.30. The molecule has 158 valence electrons. The van der Waals surface area contributed by atoms with Gasteiger partial charge in [-0.05, 0) is 37.1 Å². The van der Waals surface area contributed by atoms with Crippen LogP contribution in [0, 0.1) is 10.1 Å². The predicted octanol–water partition coefficient (Wildman–Crippen LogP) is 2.79. The summed E-state index contributed by atoms with van der Waals surface area (Å²) in [4.78, 5) is 41.9. The quantitative estimate of drug-likeness (QED) is 0.544. The number of likely N-dealkylation sites (tertiary alicyclic amines) is 1. The van der Waals surface area contributed by atoms with Gasteiger partial charge in [0.15, 0.2) is 5.76 Å². The second-order valence-corrected chi connectivity index (χ2v) is 7.77. The number of halogens is 1. The zero-order chi connectivity index (χ0) is 21.3. The van der Waals surface area contributed by atoms with Gasteiger partial charge in [-0.2, -0.15) is 0 Å². The number of hydrogen-bond donors (Lipinski definition) is 0. The van der Waals surface area contributed by atoms with Gasteiger partial charge in [0.2, 0.25) is 5.91 Å². The van der Waals surface area contributed by atoms with Crippen molar-refractivity contribution in [1.82, 2.24) is 9.80 Å². The lowest BCUT2D eigenvalue weighted by atomic mass is 10.1. The summed E-state index contributed by atoms with van der Waals surface area (Å²) < 4.78 is 5.20. The molecule has 3 heterocycles. The lowest BCUT2D eigenvalue weighted by Gasteiger charge is -2.38. The number of rotatable bonds is 4. The van der Waals surface area contributed by atoms with Gasteiger partial charge in [0.05, 0.1) is 11.2 Å². The monoisotopic (exact) mass is 432 g/mol. The van der Waals surface area contributed by atoms with Gasteiger partial charge in [-0.3, -0.25) is 19.7 Å². The predicted molar refractivity (Wildman–Crippen MR) is 110 cm³/mol. The second-order valence-electron chi connectivity index (χ2n) is 7.34. The largest absolute Gasteiger partial charge is 0.459 e. The smallest absolute Gasteiger partial charge is 0.294 e. The molecule has 2 amide bonds. The van der Waals surface area contributed by atoms with Crippen LogP contribution in [-0.2, 0) is 4.79 Å². The molecule has 0 radical (unpaired) electrons. The van der Waals surface area contributed by atoms with Crippen molar-refractivity contribution >= 4 is 34.8 Å². The Kier molecular flexibility index (Phi) is 5.63. The summed E-state index contributed by atoms with van der Waals surface area (Å²) in [6, 6.07) is 7.34. The highest BCUT2D eigenvalue weighted by atomic mass is 35.5. The van der Waals surface area contributed by atoms with Crippen LogP contribution >= 0.6 is 11.6 Å². The number of hydrogen-bond acceptors (Lipinski definition) is 6. The zero-order valence-electron chi connectivity index (χ0n) is 16.2. The molecule has 4 rings (SSSR count). The molecule has 1 aromatic carbocycles.